The molecule has 0 spiro atoms. The van der Waals surface area contributed by atoms with Crippen LogP contribution >= 0.6 is 0 Å². The average molecular weight is 224 g/mol. The highest BCUT2D eigenvalue weighted by Gasteiger charge is 2.30. The van der Waals surface area contributed by atoms with E-state index in [2.05, 4.69) is 31.0 Å². The van der Waals surface area contributed by atoms with Crippen molar-refractivity contribution in [3.05, 3.63) is 0 Å². The third-order valence-electron chi connectivity index (χ3n) is 4.71. The van der Waals surface area contributed by atoms with E-state index in [4.69, 9.17) is 0 Å². The van der Waals surface area contributed by atoms with E-state index in [0.717, 1.165) is 17.9 Å². The molecule has 0 aromatic heterocycles. The van der Waals surface area contributed by atoms with Crippen LogP contribution in [0.15, 0.2) is 0 Å². The Balaban J connectivity index is 1.89. The standard InChI is InChI=1S/C14H28N2/c1-4-14-8-15-12(3)9-16(14)10-13-7-5-6-11(13)2/h11-15H,4-10H2,1-3H3. The number of hydrogen-bond donors (Lipinski definition) is 1. The van der Waals surface area contributed by atoms with Gasteiger partial charge in [-0.1, -0.05) is 26.7 Å². The smallest absolute Gasteiger partial charge is 0.0218 e. The Morgan fingerprint density at radius 2 is 2.06 bits per heavy atom. The molecule has 1 N–H and O–H groups in total. The molecule has 2 nitrogen and oxygen atoms in total. The van der Waals surface area contributed by atoms with E-state index in [1.54, 1.807) is 0 Å². The van der Waals surface area contributed by atoms with Gasteiger partial charge in [0.25, 0.3) is 0 Å². The zero-order chi connectivity index (χ0) is 11.5. The quantitative estimate of drug-likeness (QED) is 0.792. The molecule has 0 radical (unpaired) electrons. The Bertz CT molecular complexity index is 217. The summed E-state index contributed by atoms with van der Waals surface area (Å²) >= 11 is 0. The summed E-state index contributed by atoms with van der Waals surface area (Å²) in [5.74, 6) is 1.93. The third-order valence-corrected chi connectivity index (χ3v) is 4.71. The molecule has 2 heteroatoms. The van der Waals surface area contributed by atoms with Crippen LogP contribution in [-0.2, 0) is 0 Å². The molecule has 1 heterocycles. The van der Waals surface area contributed by atoms with Crippen molar-refractivity contribution in [1.29, 1.82) is 0 Å². The second kappa shape index (κ2) is 5.50. The summed E-state index contributed by atoms with van der Waals surface area (Å²) < 4.78 is 0. The van der Waals surface area contributed by atoms with Gasteiger partial charge in [0, 0.05) is 31.7 Å². The zero-order valence-corrected chi connectivity index (χ0v) is 11.2. The Morgan fingerprint density at radius 1 is 1.25 bits per heavy atom. The van der Waals surface area contributed by atoms with Crippen LogP contribution in [0.25, 0.3) is 0 Å². The molecule has 4 atom stereocenters. The van der Waals surface area contributed by atoms with Gasteiger partial charge in [-0.2, -0.15) is 0 Å². The molecule has 2 rings (SSSR count). The fourth-order valence-electron chi connectivity index (χ4n) is 3.45. The minimum atomic E-state index is 0.680. The molecular formula is C14H28N2. The molecule has 0 amide bonds. The lowest BCUT2D eigenvalue weighted by Gasteiger charge is -2.41. The van der Waals surface area contributed by atoms with Crippen molar-refractivity contribution < 1.29 is 0 Å². The van der Waals surface area contributed by atoms with Gasteiger partial charge in [-0.25, -0.2) is 0 Å². The van der Waals surface area contributed by atoms with Crippen LogP contribution in [0.2, 0.25) is 0 Å². The first-order valence-corrected chi connectivity index (χ1v) is 7.18. The lowest BCUT2D eigenvalue weighted by atomic mass is 9.95. The van der Waals surface area contributed by atoms with Crippen LogP contribution in [0.5, 0.6) is 0 Å². The van der Waals surface area contributed by atoms with E-state index in [-0.39, 0.29) is 0 Å². The van der Waals surface area contributed by atoms with Gasteiger partial charge in [0.05, 0.1) is 0 Å². The summed E-state index contributed by atoms with van der Waals surface area (Å²) in [6.45, 7) is 10.9. The molecule has 1 aliphatic carbocycles. The lowest BCUT2D eigenvalue weighted by molar-refractivity contribution is 0.103. The molecule has 1 saturated carbocycles. The number of rotatable bonds is 3. The molecule has 0 aromatic carbocycles. The maximum Gasteiger partial charge on any atom is 0.0218 e. The topological polar surface area (TPSA) is 15.3 Å². The summed E-state index contributed by atoms with van der Waals surface area (Å²) in [6.07, 6.45) is 5.68. The predicted octanol–water partition coefficient (Wildman–Crippen LogP) is 2.49. The van der Waals surface area contributed by atoms with E-state index in [0.29, 0.717) is 6.04 Å². The SMILES string of the molecule is CCC1CNC(C)CN1CC1CCCC1C. The van der Waals surface area contributed by atoms with Gasteiger partial charge >= 0.3 is 0 Å². The summed E-state index contributed by atoms with van der Waals surface area (Å²) in [6, 6.07) is 1.46. The van der Waals surface area contributed by atoms with Crippen molar-refractivity contribution in [1.82, 2.24) is 10.2 Å². The number of nitrogens with one attached hydrogen (secondary N) is 1. The fraction of sp³-hybridized carbons (Fsp3) is 1.00. The van der Waals surface area contributed by atoms with E-state index in [1.165, 1.54) is 45.3 Å². The van der Waals surface area contributed by atoms with E-state index >= 15 is 0 Å². The van der Waals surface area contributed by atoms with Gasteiger partial charge in [-0.05, 0) is 31.6 Å². The highest BCUT2D eigenvalue weighted by atomic mass is 15.2. The van der Waals surface area contributed by atoms with Crippen LogP contribution in [0.4, 0.5) is 0 Å². The second-order valence-corrected chi connectivity index (χ2v) is 5.99. The Kier molecular flexibility index (Phi) is 4.26. The van der Waals surface area contributed by atoms with Crippen LogP contribution in [-0.4, -0.2) is 36.6 Å². The minimum absolute atomic E-state index is 0.680. The Morgan fingerprint density at radius 3 is 2.69 bits per heavy atom. The van der Waals surface area contributed by atoms with Crippen molar-refractivity contribution in [2.24, 2.45) is 11.8 Å². The highest BCUT2D eigenvalue weighted by molar-refractivity contribution is 4.86. The zero-order valence-electron chi connectivity index (χ0n) is 11.2. The Hall–Kier alpha value is -0.0800. The van der Waals surface area contributed by atoms with Crippen molar-refractivity contribution >= 4 is 0 Å². The molecule has 2 aliphatic rings. The van der Waals surface area contributed by atoms with Gasteiger partial charge in [-0.15, -0.1) is 0 Å². The van der Waals surface area contributed by atoms with Gasteiger partial charge in [-0.3, -0.25) is 4.90 Å². The maximum atomic E-state index is 3.61. The molecule has 16 heavy (non-hydrogen) atoms. The first-order chi connectivity index (χ1) is 7.70. The van der Waals surface area contributed by atoms with E-state index in [1.807, 2.05) is 0 Å². The lowest BCUT2D eigenvalue weighted by Crippen LogP contribution is -2.56. The second-order valence-electron chi connectivity index (χ2n) is 5.99. The first kappa shape index (κ1) is 12.4. The van der Waals surface area contributed by atoms with Gasteiger partial charge in [0.1, 0.15) is 0 Å². The molecule has 1 saturated heterocycles. The molecule has 94 valence electrons. The van der Waals surface area contributed by atoms with Crippen molar-refractivity contribution in [2.75, 3.05) is 19.6 Å². The minimum Gasteiger partial charge on any atom is -0.311 e. The van der Waals surface area contributed by atoms with Crippen molar-refractivity contribution in [3.8, 4) is 0 Å². The number of hydrogen-bond acceptors (Lipinski definition) is 2. The van der Waals surface area contributed by atoms with Crippen LogP contribution in [0.1, 0.15) is 46.5 Å². The largest absolute Gasteiger partial charge is 0.311 e. The van der Waals surface area contributed by atoms with Crippen LogP contribution < -0.4 is 5.32 Å². The molecule has 4 unspecified atom stereocenters. The monoisotopic (exact) mass is 224 g/mol. The average Bonchev–Trinajstić information content (AvgIpc) is 2.65. The van der Waals surface area contributed by atoms with Crippen LogP contribution in [0.3, 0.4) is 0 Å². The maximum absolute atomic E-state index is 3.61. The van der Waals surface area contributed by atoms with E-state index < -0.39 is 0 Å². The van der Waals surface area contributed by atoms with Gasteiger partial charge in [0.15, 0.2) is 0 Å². The summed E-state index contributed by atoms with van der Waals surface area (Å²) in [5, 5.41) is 3.61. The van der Waals surface area contributed by atoms with Gasteiger partial charge < -0.3 is 5.32 Å². The van der Waals surface area contributed by atoms with E-state index in [9.17, 15) is 0 Å². The molecule has 0 bridgehead atoms. The molecule has 2 fully saturated rings. The Labute approximate surface area is 101 Å². The summed E-state index contributed by atoms with van der Waals surface area (Å²) in [5.41, 5.74) is 0. The first-order valence-electron chi connectivity index (χ1n) is 7.18. The normalized spacial score (nSPS) is 41.4. The van der Waals surface area contributed by atoms with Crippen molar-refractivity contribution in [2.45, 2.75) is 58.5 Å². The highest BCUT2D eigenvalue weighted by Crippen LogP contribution is 2.32. The molecular weight excluding hydrogens is 196 g/mol. The van der Waals surface area contributed by atoms with Crippen molar-refractivity contribution in [3.63, 3.8) is 0 Å². The fourth-order valence-corrected chi connectivity index (χ4v) is 3.45. The summed E-state index contributed by atoms with van der Waals surface area (Å²) in [4.78, 5) is 2.76. The third kappa shape index (κ3) is 2.78. The molecule has 0 aromatic rings. The van der Waals surface area contributed by atoms with Crippen LogP contribution in [0, 0.1) is 11.8 Å². The summed E-state index contributed by atoms with van der Waals surface area (Å²) in [7, 11) is 0. The number of piperazine rings is 1. The predicted molar refractivity (Wildman–Crippen MR) is 69.6 cm³/mol. The number of nitrogens with zero attached hydrogens (tertiary/aromatic N) is 1. The van der Waals surface area contributed by atoms with Gasteiger partial charge in [0.2, 0.25) is 0 Å². The molecule has 1 aliphatic heterocycles.